The maximum atomic E-state index is 13.6. The molecule has 0 atom stereocenters. The number of aromatic nitrogens is 2. The van der Waals surface area contributed by atoms with E-state index in [0.717, 1.165) is 35.0 Å². The van der Waals surface area contributed by atoms with Crippen molar-refractivity contribution in [3.05, 3.63) is 80.2 Å². The number of hydrogen-bond donors (Lipinski definition) is 1. The summed E-state index contributed by atoms with van der Waals surface area (Å²) in [6, 6.07) is 12.5. The van der Waals surface area contributed by atoms with E-state index in [1.165, 1.54) is 40.2 Å². The van der Waals surface area contributed by atoms with Gasteiger partial charge in [-0.05, 0) is 67.4 Å². The summed E-state index contributed by atoms with van der Waals surface area (Å²) in [5.41, 5.74) is 1.84. The van der Waals surface area contributed by atoms with Gasteiger partial charge in [0.1, 0.15) is 10.6 Å². The van der Waals surface area contributed by atoms with Crippen molar-refractivity contribution in [3.8, 4) is 5.69 Å². The third-order valence-electron chi connectivity index (χ3n) is 5.05. The molecule has 2 heterocycles. The monoisotopic (exact) mass is 501 g/mol. The molecule has 2 aromatic carbocycles. The molecule has 0 fully saturated rings. The van der Waals surface area contributed by atoms with Gasteiger partial charge in [-0.25, -0.2) is 9.37 Å². The number of fused-ring (bicyclic) bond motifs is 1. The molecule has 0 aliphatic carbocycles. The van der Waals surface area contributed by atoms with Crippen LogP contribution < -0.4 is 10.9 Å². The van der Waals surface area contributed by atoms with Crippen LogP contribution in [0, 0.1) is 12.7 Å². The molecule has 0 radical (unpaired) electrons. The Hall–Kier alpha value is -2.68. The van der Waals surface area contributed by atoms with Gasteiger partial charge in [-0.2, -0.15) is 0 Å². The maximum absolute atomic E-state index is 13.6. The number of anilines is 1. The quantitative estimate of drug-likeness (QED) is 0.241. The summed E-state index contributed by atoms with van der Waals surface area (Å²) < 4.78 is 15.0. The van der Waals surface area contributed by atoms with E-state index < -0.39 is 5.82 Å². The first-order valence-electron chi connectivity index (χ1n) is 10.4. The molecule has 0 aliphatic heterocycles. The first-order chi connectivity index (χ1) is 15.9. The van der Waals surface area contributed by atoms with Crippen molar-refractivity contribution in [1.29, 1.82) is 0 Å². The van der Waals surface area contributed by atoms with Crippen LogP contribution in [-0.2, 0) is 11.2 Å². The number of nitrogens with one attached hydrogen (secondary N) is 1. The summed E-state index contributed by atoms with van der Waals surface area (Å²) in [5.74, 6) is -0.584. The highest BCUT2D eigenvalue weighted by Gasteiger charge is 2.20. The Morgan fingerprint density at radius 1 is 1.18 bits per heavy atom. The van der Waals surface area contributed by atoms with Crippen LogP contribution >= 0.6 is 34.7 Å². The van der Waals surface area contributed by atoms with Crippen molar-refractivity contribution < 1.29 is 9.18 Å². The van der Waals surface area contributed by atoms with Crippen molar-refractivity contribution in [2.75, 3.05) is 11.1 Å². The first-order valence-corrected chi connectivity index (χ1v) is 12.5. The number of amides is 1. The largest absolute Gasteiger partial charge is 0.325 e. The van der Waals surface area contributed by atoms with Crippen molar-refractivity contribution in [1.82, 2.24) is 9.55 Å². The molecule has 1 N–H and O–H groups in total. The van der Waals surface area contributed by atoms with E-state index in [4.69, 9.17) is 16.6 Å². The van der Waals surface area contributed by atoms with Gasteiger partial charge in [0.2, 0.25) is 5.91 Å². The summed E-state index contributed by atoms with van der Waals surface area (Å²) in [6.45, 7) is 4.03. The van der Waals surface area contributed by atoms with Gasteiger partial charge in [0.25, 0.3) is 5.56 Å². The van der Waals surface area contributed by atoms with Gasteiger partial charge in [-0.15, -0.1) is 11.3 Å². The zero-order valence-corrected chi connectivity index (χ0v) is 20.4. The minimum atomic E-state index is -0.394. The number of thioether (sulfide) groups is 1. The van der Waals surface area contributed by atoms with Gasteiger partial charge in [-0.1, -0.05) is 36.7 Å². The molecule has 0 spiro atoms. The smallest absolute Gasteiger partial charge is 0.267 e. The fourth-order valence-corrected chi connectivity index (χ4v) is 5.71. The average Bonchev–Trinajstić information content (AvgIpc) is 3.10. The van der Waals surface area contributed by atoms with Gasteiger partial charge < -0.3 is 5.32 Å². The third kappa shape index (κ3) is 5.13. The zero-order valence-electron chi connectivity index (χ0n) is 18.0. The number of aryl methyl sites for hydroxylation is 2. The summed E-state index contributed by atoms with van der Waals surface area (Å²) in [7, 11) is 0. The molecule has 4 rings (SSSR count). The molecule has 1 amide bonds. The van der Waals surface area contributed by atoms with E-state index in [9.17, 15) is 14.0 Å². The number of carbonyl (C=O) groups excluding carboxylic acids is 1. The Bertz CT molecular complexity index is 1370. The van der Waals surface area contributed by atoms with Gasteiger partial charge in [0, 0.05) is 15.6 Å². The van der Waals surface area contributed by atoms with Crippen LogP contribution in [0.3, 0.4) is 0 Å². The predicted octanol–water partition coefficient (Wildman–Crippen LogP) is 6.23. The number of rotatable bonds is 7. The standard InChI is InChI=1S/C24H21ClFN3O2S2/c1-3-4-19-14(2)21-22(33-19)28-24(29(23(21)31)18-11-7-16(26)8-12-18)32-13-20(30)27-17-9-5-15(25)6-10-17/h5-12H,3-4,13H2,1-2H3,(H,27,30). The molecule has 4 aromatic rings. The molecular weight excluding hydrogens is 481 g/mol. The lowest BCUT2D eigenvalue weighted by Crippen LogP contribution is -2.23. The Balaban J connectivity index is 1.71. The molecule has 33 heavy (non-hydrogen) atoms. The van der Waals surface area contributed by atoms with Crippen molar-refractivity contribution in [2.45, 2.75) is 31.8 Å². The molecule has 0 aliphatic rings. The molecule has 5 nitrogen and oxygen atoms in total. The molecule has 170 valence electrons. The summed E-state index contributed by atoms with van der Waals surface area (Å²) in [6.07, 6.45) is 1.83. The number of nitrogens with zero attached hydrogens (tertiary/aromatic N) is 2. The third-order valence-corrected chi connectivity index (χ3v) is 7.49. The Morgan fingerprint density at radius 3 is 2.55 bits per heavy atom. The molecule has 0 saturated heterocycles. The van der Waals surface area contributed by atoms with E-state index in [1.807, 2.05) is 6.92 Å². The minimum absolute atomic E-state index is 0.0495. The number of halogens is 2. The highest BCUT2D eigenvalue weighted by atomic mass is 35.5. The SMILES string of the molecule is CCCc1sc2nc(SCC(=O)Nc3ccc(Cl)cc3)n(-c3ccc(F)cc3)c(=O)c2c1C. The second kappa shape index (κ2) is 10.1. The average molecular weight is 502 g/mol. The second-order valence-electron chi connectivity index (χ2n) is 7.44. The summed E-state index contributed by atoms with van der Waals surface area (Å²) >= 11 is 8.56. The van der Waals surface area contributed by atoms with Crippen molar-refractivity contribution in [3.63, 3.8) is 0 Å². The van der Waals surface area contributed by atoms with Gasteiger partial charge in [-0.3, -0.25) is 14.2 Å². The van der Waals surface area contributed by atoms with E-state index in [0.29, 0.717) is 31.8 Å². The van der Waals surface area contributed by atoms with Gasteiger partial charge in [0.05, 0.1) is 16.8 Å². The lowest BCUT2D eigenvalue weighted by Gasteiger charge is -2.12. The summed E-state index contributed by atoms with van der Waals surface area (Å²) in [5, 5.41) is 4.34. The second-order valence-corrected chi connectivity index (χ2v) is 9.90. The van der Waals surface area contributed by atoms with Crippen LogP contribution in [0.4, 0.5) is 10.1 Å². The van der Waals surface area contributed by atoms with Gasteiger partial charge >= 0.3 is 0 Å². The Labute approximate surface area is 203 Å². The lowest BCUT2D eigenvalue weighted by atomic mass is 10.1. The molecule has 2 aromatic heterocycles. The van der Waals surface area contributed by atoms with Crippen molar-refractivity contribution in [2.24, 2.45) is 0 Å². The van der Waals surface area contributed by atoms with Crippen LogP contribution in [0.1, 0.15) is 23.8 Å². The van der Waals surface area contributed by atoms with E-state index in [-0.39, 0.29) is 17.2 Å². The molecule has 0 unspecified atom stereocenters. The van der Waals surface area contributed by atoms with E-state index >= 15 is 0 Å². The van der Waals surface area contributed by atoms with Crippen LogP contribution in [0.15, 0.2) is 58.5 Å². The minimum Gasteiger partial charge on any atom is -0.325 e. The summed E-state index contributed by atoms with van der Waals surface area (Å²) in [4.78, 5) is 32.6. The number of thiophene rings is 1. The highest BCUT2D eigenvalue weighted by molar-refractivity contribution is 7.99. The number of hydrogen-bond acceptors (Lipinski definition) is 5. The van der Waals surface area contributed by atoms with Crippen molar-refractivity contribution >= 4 is 56.5 Å². The van der Waals surface area contributed by atoms with Crippen LogP contribution in [0.2, 0.25) is 5.02 Å². The molecule has 0 saturated carbocycles. The number of benzene rings is 2. The zero-order chi connectivity index (χ0) is 23.5. The molecular formula is C24H21ClFN3O2S2. The van der Waals surface area contributed by atoms with Crippen LogP contribution in [0.25, 0.3) is 15.9 Å². The predicted molar refractivity (Wildman–Crippen MR) is 135 cm³/mol. The van der Waals surface area contributed by atoms with Crippen LogP contribution in [0.5, 0.6) is 0 Å². The topological polar surface area (TPSA) is 64.0 Å². The lowest BCUT2D eigenvalue weighted by molar-refractivity contribution is -0.113. The first kappa shape index (κ1) is 23.5. The fourth-order valence-electron chi connectivity index (χ4n) is 3.45. The number of carbonyl (C=O) groups is 1. The van der Waals surface area contributed by atoms with Gasteiger partial charge in [0.15, 0.2) is 5.16 Å². The van der Waals surface area contributed by atoms with Crippen LogP contribution in [-0.4, -0.2) is 21.2 Å². The molecule has 0 bridgehead atoms. The Kier molecular flexibility index (Phi) is 7.17. The fraction of sp³-hybridized carbons (Fsp3) is 0.208. The molecule has 9 heteroatoms. The van der Waals surface area contributed by atoms with E-state index in [2.05, 4.69) is 12.2 Å². The normalized spacial score (nSPS) is 11.2. The highest BCUT2D eigenvalue weighted by Crippen LogP contribution is 2.31. The van der Waals surface area contributed by atoms with E-state index in [1.54, 1.807) is 24.3 Å². The maximum Gasteiger partial charge on any atom is 0.267 e. The Morgan fingerprint density at radius 2 is 1.88 bits per heavy atom.